The Morgan fingerprint density at radius 3 is 2.58 bits per heavy atom. The third-order valence-corrected chi connectivity index (χ3v) is 4.13. The van der Waals surface area contributed by atoms with Crippen molar-refractivity contribution in [1.82, 2.24) is 4.90 Å². The Balaban J connectivity index is 2.19. The summed E-state index contributed by atoms with van der Waals surface area (Å²) in [5.41, 5.74) is 7.80. The fourth-order valence-electron chi connectivity index (χ4n) is 3.05. The zero-order chi connectivity index (χ0) is 13.9. The molecule has 106 valence electrons. The Bertz CT molecular complexity index is 391. The number of hydrogen-bond donors (Lipinski definition) is 1. The maximum absolute atomic E-state index is 6.52. The van der Waals surface area contributed by atoms with Crippen LogP contribution in [0.3, 0.4) is 0 Å². The first-order chi connectivity index (χ1) is 9.06. The summed E-state index contributed by atoms with van der Waals surface area (Å²) < 4.78 is 5.61. The van der Waals surface area contributed by atoms with Crippen LogP contribution in [0.2, 0.25) is 0 Å². The average Bonchev–Trinajstić information content (AvgIpc) is 2.42. The normalized spacial score (nSPS) is 22.9. The number of rotatable bonds is 4. The molecule has 2 rings (SSSR count). The van der Waals surface area contributed by atoms with E-state index in [1.54, 1.807) is 0 Å². The van der Waals surface area contributed by atoms with E-state index >= 15 is 0 Å². The van der Waals surface area contributed by atoms with Crippen LogP contribution in [0.4, 0.5) is 0 Å². The van der Waals surface area contributed by atoms with Crippen LogP contribution in [0.15, 0.2) is 30.3 Å². The van der Waals surface area contributed by atoms with Gasteiger partial charge in [-0.25, -0.2) is 0 Å². The highest BCUT2D eigenvalue weighted by atomic mass is 16.5. The third kappa shape index (κ3) is 3.16. The predicted molar refractivity (Wildman–Crippen MR) is 79.1 cm³/mol. The van der Waals surface area contributed by atoms with Crippen LogP contribution in [-0.2, 0) is 4.74 Å². The van der Waals surface area contributed by atoms with E-state index in [2.05, 4.69) is 49.9 Å². The molecule has 1 heterocycles. The molecule has 0 bridgehead atoms. The van der Waals surface area contributed by atoms with Crippen molar-refractivity contribution in [3.63, 3.8) is 0 Å². The maximum atomic E-state index is 6.52. The van der Waals surface area contributed by atoms with E-state index in [0.29, 0.717) is 6.04 Å². The van der Waals surface area contributed by atoms with Crippen molar-refractivity contribution in [3.05, 3.63) is 35.9 Å². The fourth-order valence-corrected chi connectivity index (χ4v) is 3.05. The molecular formula is C16H26N2O. The number of benzene rings is 1. The lowest BCUT2D eigenvalue weighted by Gasteiger charge is -2.48. The van der Waals surface area contributed by atoms with Gasteiger partial charge in [-0.2, -0.15) is 0 Å². The molecule has 0 aromatic heterocycles. The molecule has 0 saturated carbocycles. The molecule has 1 aromatic rings. The maximum Gasteiger partial charge on any atom is 0.0645 e. The lowest BCUT2D eigenvalue weighted by atomic mass is 9.91. The monoisotopic (exact) mass is 262 g/mol. The van der Waals surface area contributed by atoms with Crippen molar-refractivity contribution >= 4 is 0 Å². The second kappa shape index (κ2) is 6.04. The molecule has 1 aliphatic heterocycles. The van der Waals surface area contributed by atoms with E-state index < -0.39 is 0 Å². The summed E-state index contributed by atoms with van der Waals surface area (Å²) in [5.74, 6) is 0. The van der Waals surface area contributed by atoms with Crippen molar-refractivity contribution < 1.29 is 4.74 Å². The minimum Gasteiger partial charge on any atom is -0.378 e. The molecule has 0 aliphatic carbocycles. The smallest absolute Gasteiger partial charge is 0.0645 e. The second-order valence-electron chi connectivity index (χ2n) is 5.97. The van der Waals surface area contributed by atoms with Crippen molar-refractivity contribution in [1.29, 1.82) is 0 Å². The van der Waals surface area contributed by atoms with Crippen molar-refractivity contribution in [3.8, 4) is 0 Å². The van der Waals surface area contributed by atoms with E-state index in [9.17, 15) is 0 Å². The van der Waals surface area contributed by atoms with Gasteiger partial charge in [0.15, 0.2) is 0 Å². The number of morpholine rings is 1. The summed E-state index contributed by atoms with van der Waals surface area (Å²) in [6.45, 7) is 9.26. The fraction of sp³-hybridized carbons (Fsp3) is 0.625. The summed E-state index contributed by atoms with van der Waals surface area (Å²) in [6.07, 6.45) is 1.06. The number of nitrogens with zero attached hydrogens (tertiary/aromatic N) is 1. The molecule has 0 amide bonds. The Morgan fingerprint density at radius 1 is 1.32 bits per heavy atom. The van der Waals surface area contributed by atoms with Gasteiger partial charge in [-0.3, -0.25) is 4.90 Å². The Morgan fingerprint density at radius 2 is 2.00 bits per heavy atom. The lowest BCUT2D eigenvalue weighted by Crippen LogP contribution is -2.59. The molecule has 0 radical (unpaired) electrons. The molecule has 19 heavy (non-hydrogen) atoms. The van der Waals surface area contributed by atoms with Crippen molar-refractivity contribution in [2.45, 2.75) is 44.8 Å². The van der Waals surface area contributed by atoms with Gasteiger partial charge in [0.2, 0.25) is 0 Å². The Kier molecular flexibility index (Phi) is 4.61. The van der Waals surface area contributed by atoms with E-state index in [0.717, 1.165) is 26.2 Å². The topological polar surface area (TPSA) is 38.5 Å². The van der Waals surface area contributed by atoms with Gasteiger partial charge < -0.3 is 10.5 Å². The van der Waals surface area contributed by atoms with Gasteiger partial charge in [0.1, 0.15) is 0 Å². The SMILES string of the molecule is CCC(C(N)c1ccccc1)N1CCOCC1(C)C. The van der Waals surface area contributed by atoms with E-state index in [4.69, 9.17) is 10.5 Å². The first-order valence-electron chi connectivity index (χ1n) is 7.21. The van der Waals surface area contributed by atoms with Gasteiger partial charge >= 0.3 is 0 Å². The minimum absolute atomic E-state index is 0.0589. The molecule has 2 atom stereocenters. The van der Waals surface area contributed by atoms with Crippen LogP contribution >= 0.6 is 0 Å². The highest BCUT2D eigenvalue weighted by Crippen LogP contribution is 2.29. The molecule has 1 aliphatic rings. The number of ether oxygens (including phenoxy) is 1. The summed E-state index contributed by atoms with van der Waals surface area (Å²) in [4.78, 5) is 2.52. The van der Waals surface area contributed by atoms with Gasteiger partial charge in [-0.05, 0) is 25.8 Å². The van der Waals surface area contributed by atoms with Crippen LogP contribution < -0.4 is 5.73 Å². The van der Waals surface area contributed by atoms with Crippen LogP contribution in [-0.4, -0.2) is 36.2 Å². The van der Waals surface area contributed by atoms with Gasteiger partial charge in [0.05, 0.1) is 13.2 Å². The van der Waals surface area contributed by atoms with E-state index in [-0.39, 0.29) is 11.6 Å². The van der Waals surface area contributed by atoms with E-state index in [1.807, 2.05) is 6.07 Å². The van der Waals surface area contributed by atoms with Crippen LogP contribution in [0, 0.1) is 0 Å². The summed E-state index contributed by atoms with van der Waals surface area (Å²) in [5, 5.41) is 0. The highest BCUT2D eigenvalue weighted by Gasteiger charge is 2.37. The molecule has 3 nitrogen and oxygen atoms in total. The van der Waals surface area contributed by atoms with Crippen LogP contribution in [0.5, 0.6) is 0 Å². The first-order valence-corrected chi connectivity index (χ1v) is 7.21. The molecule has 1 aromatic carbocycles. The Hall–Kier alpha value is -0.900. The van der Waals surface area contributed by atoms with E-state index in [1.165, 1.54) is 5.56 Å². The van der Waals surface area contributed by atoms with Gasteiger partial charge in [0, 0.05) is 24.2 Å². The minimum atomic E-state index is 0.0589. The molecule has 1 saturated heterocycles. The van der Waals surface area contributed by atoms with Crippen LogP contribution in [0.1, 0.15) is 38.8 Å². The third-order valence-electron chi connectivity index (χ3n) is 4.13. The van der Waals surface area contributed by atoms with Crippen LogP contribution in [0.25, 0.3) is 0 Å². The molecule has 0 spiro atoms. The number of hydrogen-bond acceptors (Lipinski definition) is 3. The molecular weight excluding hydrogens is 236 g/mol. The Labute approximate surface area is 116 Å². The zero-order valence-electron chi connectivity index (χ0n) is 12.3. The second-order valence-corrected chi connectivity index (χ2v) is 5.97. The highest BCUT2D eigenvalue weighted by molar-refractivity contribution is 5.20. The standard InChI is InChI=1S/C16H26N2O/c1-4-14(15(17)13-8-6-5-7-9-13)18-10-11-19-12-16(18,2)3/h5-9,14-15H,4,10-12,17H2,1-3H3. The summed E-state index contributed by atoms with van der Waals surface area (Å²) in [6, 6.07) is 10.8. The summed E-state index contributed by atoms with van der Waals surface area (Å²) >= 11 is 0. The van der Waals surface area contributed by atoms with Gasteiger partial charge in [0.25, 0.3) is 0 Å². The predicted octanol–water partition coefficient (Wildman–Crippen LogP) is 2.58. The molecule has 2 unspecified atom stereocenters. The number of nitrogens with two attached hydrogens (primary N) is 1. The average molecular weight is 262 g/mol. The summed E-state index contributed by atoms with van der Waals surface area (Å²) in [7, 11) is 0. The molecule has 3 heteroatoms. The van der Waals surface area contributed by atoms with Crippen molar-refractivity contribution in [2.24, 2.45) is 5.73 Å². The quantitative estimate of drug-likeness (QED) is 0.906. The van der Waals surface area contributed by atoms with Gasteiger partial charge in [-0.15, -0.1) is 0 Å². The van der Waals surface area contributed by atoms with Gasteiger partial charge in [-0.1, -0.05) is 37.3 Å². The van der Waals surface area contributed by atoms with Crippen molar-refractivity contribution in [2.75, 3.05) is 19.8 Å². The largest absolute Gasteiger partial charge is 0.378 e. The molecule has 1 fully saturated rings. The zero-order valence-corrected chi connectivity index (χ0v) is 12.3. The first kappa shape index (κ1) is 14.5. The lowest BCUT2D eigenvalue weighted by molar-refractivity contribution is -0.0773. The molecule has 2 N–H and O–H groups in total.